The molecule has 0 aromatic carbocycles. The lowest BCUT2D eigenvalue weighted by molar-refractivity contribution is 0.208. The van der Waals surface area contributed by atoms with E-state index in [9.17, 15) is 0 Å². The number of nitrogens with zero attached hydrogens (tertiary/aromatic N) is 3. The summed E-state index contributed by atoms with van der Waals surface area (Å²) in [7, 11) is 0. The molecule has 21 heavy (non-hydrogen) atoms. The van der Waals surface area contributed by atoms with Crippen LogP contribution in [0.5, 0.6) is 0 Å². The maximum atomic E-state index is 6.55. The molecule has 3 fully saturated rings. The third-order valence-electron chi connectivity index (χ3n) is 5.41. The molecule has 2 atom stereocenters. The van der Waals surface area contributed by atoms with Crippen LogP contribution in [0.1, 0.15) is 76.6 Å². The lowest BCUT2D eigenvalue weighted by Gasteiger charge is -2.41. The van der Waals surface area contributed by atoms with Crippen LogP contribution in [0.4, 0.5) is 0 Å². The molecule has 4 rings (SSSR count). The Balaban J connectivity index is 1.56. The fraction of sp³-hybridized carbons (Fsp3) is 0.875. The van der Waals surface area contributed by atoms with Crippen molar-refractivity contribution in [2.45, 2.75) is 87.2 Å². The number of aromatic nitrogens is 3. The van der Waals surface area contributed by atoms with Gasteiger partial charge in [-0.05, 0) is 43.9 Å². The molecule has 0 spiro atoms. The molecule has 2 N–H and O–H groups in total. The Morgan fingerprint density at radius 2 is 1.90 bits per heavy atom. The van der Waals surface area contributed by atoms with Crippen molar-refractivity contribution in [2.75, 3.05) is 0 Å². The Bertz CT molecular complexity index is 530. The zero-order chi connectivity index (χ0) is 14.6. The van der Waals surface area contributed by atoms with Gasteiger partial charge in [-0.1, -0.05) is 32.0 Å². The Morgan fingerprint density at radius 1 is 1.14 bits per heavy atom. The minimum atomic E-state index is 0.250. The normalized spacial score (nSPS) is 32.3. The maximum Gasteiger partial charge on any atom is 0.191 e. The maximum absolute atomic E-state index is 6.55. The molecule has 0 amide bonds. The van der Waals surface area contributed by atoms with E-state index in [1.54, 1.807) is 0 Å². The lowest BCUT2D eigenvalue weighted by atomic mass is 9.73. The molecule has 116 valence electrons. The molecular formula is C16H26N4S. The molecule has 1 aromatic rings. The predicted molar refractivity (Wildman–Crippen MR) is 85.5 cm³/mol. The number of thioether (sulfide) groups is 1. The molecule has 3 aliphatic rings. The first-order chi connectivity index (χ1) is 10.1. The van der Waals surface area contributed by atoms with E-state index < -0.39 is 0 Å². The molecule has 5 heteroatoms. The number of hydrogen-bond donors (Lipinski definition) is 1. The fourth-order valence-corrected chi connectivity index (χ4v) is 5.05. The van der Waals surface area contributed by atoms with E-state index in [4.69, 9.17) is 5.73 Å². The highest BCUT2D eigenvalue weighted by atomic mass is 32.2. The van der Waals surface area contributed by atoms with Crippen LogP contribution < -0.4 is 5.73 Å². The van der Waals surface area contributed by atoms with Gasteiger partial charge in [-0.3, -0.25) is 0 Å². The molecule has 0 radical (unpaired) electrons. The van der Waals surface area contributed by atoms with Crippen LogP contribution >= 0.6 is 11.8 Å². The summed E-state index contributed by atoms with van der Waals surface area (Å²) in [6, 6.07) is 0.927. The monoisotopic (exact) mass is 306 g/mol. The Morgan fingerprint density at radius 3 is 2.57 bits per heavy atom. The van der Waals surface area contributed by atoms with Crippen LogP contribution in [0, 0.1) is 5.41 Å². The van der Waals surface area contributed by atoms with Crippen LogP contribution in [-0.2, 0) is 0 Å². The minimum Gasteiger partial charge on any atom is -0.326 e. The summed E-state index contributed by atoms with van der Waals surface area (Å²) >= 11 is 1.90. The summed E-state index contributed by atoms with van der Waals surface area (Å²) in [5.74, 6) is 1.94. The fourth-order valence-electron chi connectivity index (χ4n) is 3.54. The van der Waals surface area contributed by atoms with Crippen molar-refractivity contribution in [3.05, 3.63) is 5.82 Å². The van der Waals surface area contributed by atoms with Gasteiger partial charge in [0.25, 0.3) is 0 Å². The number of rotatable bonds is 4. The molecule has 0 aliphatic heterocycles. The molecule has 2 unspecified atom stereocenters. The quantitative estimate of drug-likeness (QED) is 0.925. The topological polar surface area (TPSA) is 56.7 Å². The van der Waals surface area contributed by atoms with Gasteiger partial charge in [0, 0.05) is 23.3 Å². The standard InChI is InChI=1S/C16H26N4S/c1-16(2)9-3-4-12(13(16)17)21-15-19-18-14(10-5-6-10)20(15)11-7-8-11/h10-13H,3-9,17H2,1-2H3. The second-order valence-electron chi connectivity index (χ2n) is 7.78. The molecule has 4 nitrogen and oxygen atoms in total. The van der Waals surface area contributed by atoms with E-state index in [0.717, 1.165) is 5.16 Å². The van der Waals surface area contributed by atoms with Gasteiger partial charge in [-0.15, -0.1) is 10.2 Å². The van der Waals surface area contributed by atoms with Crippen LogP contribution in [0.15, 0.2) is 5.16 Å². The summed E-state index contributed by atoms with van der Waals surface area (Å²) in [6.45, 7) is 4.62. The van der Waals surface area contributed by atoms with Gasteiger partial charge in [-0.2, -0.15) is 0 Å². The highest BCUT2D eigenvalue weighted by molar-refractivity contribution is 7.99. The zero-order valence-electron chi connectivity index (χ0n) is 13.1. The van der Waals surface area contributed by atoms with E-state index in [0.29, 0.717) is 17.2 Å². The third kappa shape index (κ3) is 2.63. The van der Waals surface area contributed by atoms with Gasteiger partial charge in [0.15, 0.2) is 5.16 Å². The average molecular weight is 306 g/mol. The SMILES string of the molecule is CC1(C)CCCC(Sc2nnc(C3CC3)n2C2CC2)C1N. The average Bonchev–Trinajstić information content (AvgIpc) is 3.34. The molecule has 3 saturated carbocycles. The Labute approximate surface area is 131 Å². The largest absolute Gasteiger partial charge is 0.326 e. The van der Waals surface area contributed by atoms with Crippen LogP contribution in [0.25, 0.3) is 0 Å². The molecule has 1 aromatic heterocycles. The van der Waals surface area contributed by atoms with Gasteiger partial charge in [0.1, 0.15) is 5.82 Å². The first-order valence-electron chi connectivity index (χ1n) is 8.43. The summed E-state index contributed by atoms with van der Waals surface area (Å²) in [5, 5.41) is 10.7. The molecule has 1 heterocycles. The molecule has 3 aliphatic carbocycles. The van der Waals surface area contributed by atoms with E-state index in [1.807, 2.05) is 11.8 Å². The van der Waals surface area contributed by atoms with Crippen LogP contribution in [0.2, 0.25) is 0 Å². The van der Waals surface area contributed by atoms with Crippen LogP contribution in [-0.4, -0.2) is 26.1 Å². The number of hydrogen-bond acceptors (Lipinski definition) is 4. The van der Waals surface area contributed by atoms with E-state index in [-0.39, 0.29) is 11.5 Å². The van der Waals surface area contributed by atoms with Crippen molar-refractivity contribution in [3.63, 3.8) is 0 Å². The molecule has 0 saturated heterocycles. The smallest absolute Gasteiger partial charge is 0.191 e. The third-order valence-corrected chi connectivity index (χ3v) is 6.74. The van der Waals surface area contributed by atoms with Gasteiger partial charge >= 0.3 is 0 Å². The first-order valence-corrected chi connectivity index (χ1v) is 9.31. The van der Waals surface area contributed by atoms with Crippen molar-refractivity contribution < 1.29 is 0 Å². The Kier molecular flexibility index (Phi) is 3.34. The predicted octanol–water partition coefficient (Wildman–Crippen LogP) is 3.49. The highest BCUT2D eigenvalue weighted by Gasteiger charge is 2.40. The van der Waals surface area contributed by atoms with Gasteiger partial charge in [-0.25, -0.2) is 0 Å². The second kappa shape index (κ2) is 4.98. The van der Waals surface area contributed by atoms with Crippen LogP contribution in [0.3, 0.4) is 0 Å². The molecule has 0 bridgehead atoms. The Hall–Kier alpha value is -0.550. The lowest BCUT2D eigenvalue weighted by Crippen LogP contribution is -2.48. The first kappa shape index (κ1) is 14.1. The summed E-state index contributed by atoms with van der Waals surface area (Å²) < 4.78 is 2.46. The van der Waals surface area contributed by atoms with E-state index >= 15 is 0 Å². The zero-order valence-corrected chi connectivity index (χ0v) is 13.9. The highest BCUT2D eigenvalue weighted by Crippen LogP contribution is 2.48. The molecular weight excluding hydrogens is 280 g/mol. The number of nitrogens with two attached hydrogens (primary N) is 1. The van der Waals surface area contributed by atoms with Crippen molar-refractivity contribution in [1.29, 1.82) is 0 Å². The van der Waals surface area contributed by atoms with E-state index in [1.165, 1.54) is 50.8 Å². The second-order valence-corrected chi connectivity index (χ2v) is 8.99. The van der Waals surface area contributed by atoms with Crippen molar-refractivity contribution in [1.82, 2.24) is 14.8 Å². The van der Waals surface area contributed by atoms with E-state index in [2.05, 4.69) is 28.6 Å². The summed E-state index contributed by atoms with van der Waals surface area (Å²) in [6.07, 6.45) is 8.93. The minimum absolute atomic E-state index is 0.250. The van der Waals surface area contributed by atoms with Crippen molar-refractivity contribution in [3.8, 4) is 0 Å². The van der Waals surface area contributed by atoms with Crippen molar-refractivity contribution >= 4 is 11.8 Å². The van der Waals surface area contributed by atoms with Gasteiger partial charge in [0.05, 0.1) is 0 Å². The van der Waals surface area contributed by atoms with Gasteiger partial charge < -0.3 is 10.3 Å². The van der Waals surface area contributed by atoms with Gasteiger partial charge in [0.2, 0.25) is 0 Å². The van der Waals surface area contributed by atoms with Crippen molar-refractivity contribution in [2.24, 2.45) is 11.1 Å². The summed E-state index contributed by atoms with van der Waals surface area (Å²) in [4.78, 5) is 0. The summed E-state index contributed by atoms with van der Waals surface area (Å²) in [5.41, 5.74) is 6.80.